The van der Waals surface area contributed by atoms with Gasteiger partial charge in [-0.25, -0.2) is 0 Å². The summed E-state index contributed by atoms with van der Waals surface area (Å²) in [7, 11) is 1.65. The third-order valence-corrected chi connectivity index (χ3v) is 6.50. The van der Waals surface area contributed by atoms with Crippen LogP contribution in [-0.4, -0.2) is 30.0 Å². The number of methoxy groups -OCH3 is 1. The van der Waals surface area contributed by atoms with Crippen molar-refractivity contribution in [2.45, 2.75) is 17.2 Å². The van der Waals surface area contributed by atoms with E-state index in [4.69, 9.17) is 10.5 Å². The quantitative estimate of drug-likeness (QED) is 0.510. The van der Waals surface area contributed by atoms with Crippen molar-refractivity contribution in [3.63, 3.8) is 0 Å². The molecule has 3 aromatic rings. The normalized spacial score (nSPS) is 12.3. The number of nitrogens with two attached hydrogens (primary N) is 1. The van der Waals surface area contributed by atoms with E-state index in [-0.39, 0.29) is 0 Å². The molecule has 1 atom stereocenters. The van der Waals surface area contributed by atoms with E-state index in [0.717, 1.165) is 22.4 Å². The lowest BCUT2D eigenvalue weighted by atomic mass is 9.84. The van der Waals surface area contributed by atoms with Crippen LogP contribution in [0.5, 0.6) is 5.75 Å². The summed E-state index contributed by atoms with van der Waals surface area (Å²) >= 11 is 1.70. The summed E-state index contributed by atoms with van der Waals surface area (Å²) in [4.78, 5) is 11.2. The first-order valence-corrected chi connectivity index (χ1v) is 10.4. The molecule has 0 saturated carbocycles. The molecule has 4 nitrogen and oxygen atoms in total. The summed E-state index contributed by atoms with van der Waals surface area (Å²) in [6.45, 7) is 0. The first-order chi connectivity index (χ1) is 14.1. The molecular formula is C24H25NO3S. The number of ether oxygens (including phenoxy) is 1. The highest BCUT2D eigenvalue weighted by Gasteiger charge is 2.37. The number of thioether (sulfide) groups is 1. The summed E-state index contributed by atoms with van der Waals surface area (Å²) < 4.78 is 4.85. The zero-order chi connectivity index (χ0) is 20.7. The lowest BCUT2D eigenvalue weighted by Crippen LogP contribution is -2.32. The lowest BCUT2D eigenvalue weighted by molar-refractivity contribution is -0.138. The van der Waals surface area contributed by atoms with E-state index in [2.05, 4.69) is 36.4 Å². The van der Waals surface area contributed by atoms with Crippen LogP contribution in [0.25, 0.3) is 0 Å². The number of hydrogen-bond acceptors (Lipinski definition) is 4. The van der Waals surface area contributed by atoms with Crippen LogP contribution in [0.4, 0.5) is 0 Å². The van der Waals surface area contributed by atoms with E-state index in [1.54, 1.807) is 18.9 Å². The van der Waals surface area contributed by atoms with Gasteiger partial charge in [0.1, 0.15) is 11.8 Å². The zero-order valence-electron chi connectivity index (χ0n) is 16.3. The molecule has 0 bridgehead atoms. The fourth-order valence-corrected chi connectivity index (χ4v) is 4.97. The average Bonchev–Trinajstić information content (AvgIpc) is 2.78. The van der Waals surface area contributed by atoms with Gasteiger partial charge in [0.2, 0.25) is 0 Å². The van der Waals surface area contributed by atoms with Gasteiger partial charge in [-0.1, -0.05) is 72.8 Å². The third-order valence-electron chi connectivity index (χ3n) is 4.92. The number of aliphatic carboxylic acids is 1. The van der Waals surface area contributed by atoms with Crippen LogP contribution >= 0.6 is 11.8 Å². The molecule has 0 aliphatic rings. The number of rotatable bonds is 9. The van der Waals surface area contributed by atoms with Gasteiger partial charge in [0, 0.05) is 0 Å². The second-order valence-corrected chi connectivity index (χ2v) is 8.03. The highest BCUT2D eigenvalue weighted by atomic mass is 32.2. The van der Waals surface area contributed by atoms with Crippen molar-refractivity contribution in [3.05, 3.63) is 102 Å². The van der Waals surface area contributed by atoms with E-state index in [9.17, 15) is 9.90 Å². The number of carbonyl (C=O) groups is 1. The molecule has 0 aliphatic carbocycles. The van der Waals surface area contributed by atoms with Gasteiger partial charge >= 0.3 is 5.97 Å². The SMILES string of the molecule is COc1ccc(C(SCCC(N)C(=O)O)(c2ccccc2)c2ccccc2)cc1. The maximum atomic E-state index is 11.2. The van der Waals surface area contributed by atoms with Gasteiger partial charge in [-0.15, -0.1) is 11.8 Å². The summed E-state index contributed by atoms with van der Waals surface area (Å²) in [5.74, 6) is 0.422. The van der Waals surface area contributed by atoms with Gasteiger partial charge in [-0.2, -0.15) is 0 Å². The van der Waals surface area contributed by atoms with Crippen molar-refractivity contribution in [1.82, 2.24) is 0 Å². The van der Waals surface area contributed by atoms with Crippen LogP contribution < -0.4 is 10.5 Å². The zero-order valence-corrected chi connectivity index (χ0v) is 17.1. The molecule has 0 saturated heterocycles. The Balaban J connectivity index is 2.12. The van der Waals surface area contributed by atoms with E-state index >= 15 is 0 Å². The first kappa shape index (κ1) is 21.0. The van der Waals surface area contributed by atoms with Crippen LogP contribution in [0.2, 0.25) is 0 Å². The van der Waals surface area contributed by atoms with Gasteiger partial charge in [-0.05, 0) is 41.0 Å². The Morgan fingerprint density at radius 2 is 1.41 bits per heavy atom. The minimum atomic E-state index is -0.972. The van der Waals surface area contributed by atoms with Crippen LogP contribution in [0, 0.1) is 0 Å². The molecule has 3 N–H and O–H groups in total. The molecule has 0 amide bonds. The van der Waals surface area contributed by atoms with Crippen molar-refractivity contribution in [2.24, 2.45) is 5.73 Å². The monoisotopic (exact) mass is 407 g/mol. The second kappa shape index (κ2) is 9.63. The Bertz CT molecular complexity index is 874. The number of carboxylic acids is 1. The molecule has 150 valence electrons. The second-order valence-electron chi connectivity index (χ2n) is 6.72. The molecular weight excluding hydrogens is 382 g/mol. The Morgan fingerprint density at radius 1 is 0.931 bits per heavy atom. The van der Waals surface area contributed by atoms with E-state index in [1.807, 2.05) is 48.5 Å². The Morgan fingerprint density at radius 3 is 1.86 bits per heavy atom. The molecule has 0 spiro atoms. The van der Waals surface area contributed by atoms with Crippen LogP contribution in [0.3, 0.4) is 0 Å². The predicted molar refractivity (Wildman–Crippen MR) is 118 cm³/mol. The van der Waals surface area contributed by atoms with Crippen LogP contribution in [0.15, 0.2) is 84.9 Å². The lowest BCUT2D eigenvalue weighted by Gasteiger charge is -2.35. The highest BCUT2D eigenvalue weighted by molar-refractivity contribution is 8.00. The molecule has 0 heterocycles. The molecule has 3 rings (SSSR count). The first-order valence-electron chi connectivity index (χ1n) is 9.46. The van der Waals surface area contributed by atoms with Gasteiger partial charge in [0.05, 0.1) is 11.9 Å². The maximum absolute atomic E-state index is 11.2. The molecule has 0 aliphatic heterocycles. The minimum Gasteiger partial charge on any atom is -0.497 e. The van der Waals surface area contributed by atoms with Crippen molar-refractivity contribution in [2.75, 3.05) is 12.9 Å². The maximum Gasteiger partial charge on any atom is 0.320 e. The van der Waals surface area contributed by atoms with Gasteiger partial charge in [-0.3, -0.25) is 4.79 Å². The van der Waals surface area contributed by atoms with E-state index < -0.39 is 16.8 Å². The predicted octanol–water partition coefficient (Wildman–Crippen LogP) is 4.52. The molecule has 3 aromatic carbocycles. The molecule has 1 unspecified atom stereocenters. The molecule has 0 aromatic heterocycles. The largest absolute Gasteiger partial charge is 0.497 e. The highest BCUT2D eigenvalue weighted by Crippen LogP contribution is 2.49. The minimum absolute atomic E-state index is 0.386. The standard InChI is InChI=1S/C24H25NO3S/c1-28-21-14-12-20(13-15-21)24(18-8-4-2-5-9-18,19-10-6-3-7-11-19)29-17-16-22(25)23(26)27/h2-15,22H,16-17,25H2,1H3,(H,26,27). The van der Waals surface area contributed by atoms with Crippen molar-refractivity contribution < 1.29 is 14.6 Å². The summed E-state index contributed by atoms with van der Waals surface area (Å²) in [5.41, 5.74) is 9.13. The fourth-order valence-electron chi connectivity index (χ4n) is 3.38. The molecule has 29 heavy (non-hydrogen) atoms. The van der Waals surface area contributed by atoms with Crippen LogP contribution in [0.1, 0.15) is 23.1 Å². The Hall–Kier alpha value is -2.76. The smallest absolute Gasteiger partial charge is 0.320 e. The van der Waals surface area contributed by atoms with Gasteiger partial charge in [0.15, 0.2) is 0 Å². The Kier molecular flexibility index (Phi) is 6.96. The van der Waals surface area contributed by atoms with Gasteiger partial charge < -0.3 is 15.6 Å². The Labute approximate surface area is 175 Å². The third kappa shape index (κ3) is 4.63. The van der Waals surface area contributed by atoms with Crippen molar-refractivity contribution in [3.8, 4) is 5.75 Å². The van der Waals surface area contributed by atoms with E-state index in [1.165, 1.54) is 0 Å². The topological polar surface area (TPSA) is 72.5 Å². The molecule has 0 fully saturated rings. The number of hydrogen-bond donors (Lipinski definition) is 2. The fraction of sp³-hybridized carbons (Fsp3) is 0.208. The summed E-state index contributed by atoms with van der Waals surface area (Å²) in [5, 5.41) is 9.17. The van der Waals surface area contributed by atoms with Gasteiger partial charge in [0.25, 0.3) is 0 Å². The van der Waals surface area contributed by atoms with Crippen molar-refractivity contribution >= 4 is 17.7 Å². The average molecular weight is 408 g/mol. The van der Waals surface area contributed by atoms with Crippen molar-refractivity contribution in [1.29, 1.82) is 0 Å². The van der Waals surface area contributed by atoms with E-state index in [0.29, 0.717) is 12.2 Å². The number of benzene rings is 3. The number of carboxylic acid groups (broad SMARTS) is 1. The summed E-state index contributed by atoms with van der Waals surface area (Å²) in [6.07, 6.45) is 0.386. The van der Waals surface area contributed by atoms with Crippen LogP contribution in [-0.2, 0) is 9.54 Å². The summed E-state index contributed by atoms with van der Waals surface area (Å²) in [6, 6.07) is 27.7. The molecule has 0 radical (unpaired) electrons. The molecule has 5 heteroatoms.